The summed E-state index contributed by atoms with van der Waals surface area (Å²) in [5, 5.41) is 8.26. The topological polar surface area (TPSA) is 40.9 Å². The minimum atomic E-state index is 0.359. The fourth-order valence-corrected chi connectivity index (χ4v) is 7.68. The van der Waals surface area contributed by atoms with Crippen molar-refractivity contribution in [3.63, 3.8) is 0 Å². The molecule has 0 aromatic carbocycles. The number of aldehydes is 1. The predicted molar refractivity (Wildman–Crippen MR) is 137 cm³/mol. The van der Waals surface area contributed by atoms with Crippen molar-refractivity contribution in [3.05, 3.63) is 12.2 Å². The smallest absolute Gasteiger partial charge is 0.120 e. The minimum Gasteiger partial charge on any atom is -0.310 e. The van der Waals surface area contributed by atoms with Gasteiger partial charge in [0.25, 0.3) is 0 Å². The van der Waals surface area contributed by atoms with E-state index in [1.54, 1.807) is 0 Å². The largest absolute Gasteiger partial charge is 0.310 e. The van der Waals surface area contributed by atoms with E-state index >= 15 is 0 Å². The summed E-state index contributed by atoms with van der Waals surface area (Å²) in [5.41, 5.74) is 2.82. The molecule has 0 bridgehead atoms. The maximum Gasteiger partial charge on any atom is 0.120 e. The second-order valence-corrected chi connectivity index (χ2v) is 11.6. The van der Waals surface area contributed by atoms with Gasteiger partial charge < -0.3 is 10.2 Å². The van der Waals surface area contributed by atoms with E-state index in [1.165, 1.54) is 69.6 Å². The van der Waals surface area contributed by atoms with Crippen LogP contribution in [0.4, 0.5) is 0 Å². The summed E-state index contributed by atoms with van der Waals surface area (Å²) in [6.45, 7) is 21.1. The normalized spacial score (nSPS) is 38.4. The predicted octanol–water partition coefficient (Wildman–Crippen LogP) is 8.89. The summed E-state index contributed by atoms with van der Waals surface area (Å²) >= 11 is 0. The molecule has 0 spiro atoms. The van der Waals surface area contributed by atoms with Gasteiger partial charge in [-0.05, 0) is 100 Å². The third kappa shape index (κ3) is 6.32. The molecule has 0 aromatic heterocycles. The zero-order valence-corrected chi connectivity index (χ0v) is 22.2. The van der Waals surface area contributed by atoms with Gasteiger partial charge in [0.05, 0.1) is 0 Å². The first-order valence-corrected chi connectivity index (χ1v) is 13.1. The number of hydrogen-bond donors (Lipinski definition) is 1. The van der Waals surface area contributed by atoms with Gasteiger partial charge in [0.1, 0.15) is 6.29 Å². The van der Waals surface area contributed by atoms with Crippen LogP contribution in [-0.2, 0) is 4.79 Å². The molecule has 0 aliphatic heterocycles. The Labute approximate surface area is 194 Å². The molecule has 0 amide bonds. The number of allylic oxidation sites excluding steroid dienone is 1. The van der Waals surface area contributed by atoms with Gasteiger partial charge in [-0.15, -0.1) is 6.58 Å². The highest BCUT2D eigenvalue weighted by Gasteiger charge is 2.59. The number of carbonyl (C=O) groups is 1. The lowest BCUT2D eigenvalue weighted by Gasteiger charge is -2.59. The second-order valence-electron chi connectivity index (χ2n) is 11.6. The first-order chi connectivity index (χ1) is 14.5. The molecule has 3 rings (SSSR count). The average Bonchev–Trinajstić information content (AvgIpc) is 3.02. The second kappa shape index (κ2) is 12.4. The molecule has 2 nitrogen and oxygen atoms in total. The minimum absolute atomic E-state index is 0.359. The summed E-state index contributed by atoms with van der Waals surface area (Å²) in [6, 6.07) is 0. The quantitative estimate of drug-likeness (QED) is 0.263. The van der Waals surface area contributed by atoms with Gasteiger partial charge in [0.15, 0.2) is 0 Å². The fourth-order valence-electron chi connectivity index (χ4n) is 7.68. The molecule has 3 fully saturated rings. The van der Waals surface area contributed by atoms with Crippen molar-refractivity contribution in [1.29, 1.82) is 5.41 Å². The molecule has 31 heavy (non-hydrogen) atoms. The van der Waals surface area contributed by atoms with E-state index in [4.69, 9.17) is 5.41 Å². The van der Waals surface area contributed by atoms with E-state index in [0.29, 0.717) is 22.7 Å². The van der Waals surface area contributed by atoms with Crippen molar-refractivity contribution in [2.45, 2.75) is 120 Å². The molecule has 3 aliphatic rings. The highest BCUT2D eigenvalue weighted by atomic mass is 16.1. The molecule has 0 heterocycles. The Hall–Kier alpha value is -0.920. The Morgan fingerprint density at radius 1 is 1.00 bits per heavy atom. The molecule has 180 valence electrons. The van der Waals surface area contributed by atoms with Crippen molar-refractivity contribution in [3.8, 4) is 0 Å². The van der Waals surface area contributed by atoms with E-state index < -0.39 is 0 Å². The first-order valence-electron chi connectivity index (χ1n) is 13.1. The van der Waals surface area contributed by atoms with Gasteiger partial charge in [0.2, 0.25) is 0 Å². The molecule has 0 radical (unpaired) electrons. The van der Waals surface area contributed by atoms with Crippen LogP contribution in [0.5, 0.6) is 0 Å². The van der Waals surface area contributed by atoms with Crippen LogP contribution < -0.4 is 0 Å². The van der Waals surface area contributed by atoms with Gasteiger partial charge >= 0.3 is 0 Å². The number of carbonyl (C=O) groups excluding carboxylic acids is 1. The van der Waals surface area contributed by atoms with E-state index in [0.717, 1.165) is 29.9 Å². The van der Waals surface area contributed by atoms with Crippen LogP contribution in [0.3, 0.4) is 0 Å². The lowest BCUT2D eigenvalue weighted by molar-refractivity contribution is -0.118. The summed E-state index contributed by atoms with van der Waals surface area (Å²) < 4.78 is 0. The highest BCUT2D eigenvalue weighted by molar-refractivity contribution is 5.82. The Morgan fingerprint density at radius 3 is 2.06 bits per heavy atom. The van der Waals surface area contributed by atoms with Crippen LogP contribution in [0.2, 0.25) is 0 Å². The monoisotopic (exact) mass is 431 g/mol. The molecule has 7 unspecified atom stereocenters. The standard InChI is InChI=1S/C22H37NO.C4H8.C3H8/c1-5-12-21(3)16(11-14-24)6-7-17-19-9-8-18(15(2)23)22(19,4)13-10-20(17)21;1-4(2)3;1-3-2/h14,16-20,23H,5-13H2,1-4H3;1H2,2-3H3;3H2,1-2H3. The summed E-state index contributed by atoms with van der Waals surface area (Å²) in [6.07, 6.45) is 13.5. The summed E-state index contributed by atoms with van der Waals surface area (Å²) in [5.74, 6) is 3.58. The molecule has 3 aliphatic carbocycles. The number of nitrogens with one attached hydrogen (secondary N) is 1. The summed E-state index contributed by atoms with van der Waals surface area (Å²) in [4.78, 5) is 11.3. The van der Waals surface area contributed by atoms with Crippen LogP contribution in [0.15, 0.2) is 12.2 Å². The lowest BCUT2D eigenvalue weighted by atomic mass is 9.46. The van der Waals surface area contributed by atoms with E-state index in [-0.39, 0.29) is 0 Å². The maximum absolute atomic E-state index is 11.3. The van der Waals surface area contributed by atoms with Crippen LogP contribution >= 0.6 is 0 Å². The van der Waals surface area contributed by atoms with E-state index in [9.17, 15) is 4.79 Å². The molecule has 0 aromatic rings. The van der Waals surface area contributed by atoms with E-state index in [2.05, 4.69) is 41.2 Å². The number of rotatable bonds is 5. The number of fused-ring (bicyclic) bond motifs is 3. The molecule has 7 atom stereocenters. The Balaban J connectivity index is 0.000000604. The first kappa shape index (κ1) is 28.1. The van der Waals surface area contributed by atoms with Gasteiger partial charge in [0, 0.05) is 18.1 Å². The van der Waals surface area contributed by atoms with Crippen molar-refractivity contribution in [2.24, 2.45) is 40.4 Å². The molecular formula is C29H53NO. The average molecular weight is 432 g/mol. The van der Waals surface area contributed by atoms with Crippen molar-refractivity contribution in [2.75, 3.05) is 0 Å². The molecule has 1 N–H and O–H groups in total. The van der Waals surface area contributed by atoms with Crippen molar-refractivity contribution < 1.29 is 4.79 Å². The molecule has 0 saturated heterocycles. The van der Waals surface area contributed by atoms with Crippen LogP contribution in [-0.4, -0.2) is 12.0 Å². The third-order valence-electron chi connectivity index (χ3n) is 8.76. The van der Waals surface area contributed by atoms with Crippen LogP contribution in [0, 0.1) is 45.8 Å². The van der Waals surface area contributed by atoms with Crippen LogP contribution in [0.1, 0.15) is 120 Å². The van der Waals surface area contributed by atoms with Gasteiger partial charge in [-0.1, -0.05) is 53.0 Å². The lowest BCUT2D eigenvalue weighted by Crippen LogP contribution is -2.52. The fraction of sp³-hybridized carbons (Fsp3) is 0.862. The molecule has 2 heteroatoms. The Morgan fingerprint density at radius 2 is 1.58 bits per heavy atom. The SMILES string of the molecule is C=C(C)C.CCC.CCCC1(C)C(CC=O)CCC2C1CCC1(C)C(C(C)=N)CCC21. The summed E-state index contributed by atoms with van der Waals surface area (Å²) in [7, 11) is 0. The Kier molecular flexibility index (Phi) is 11.2. The maximum atomic E-state index is 11.3. The third-order valence-corrected chi connectivity index (χ3v) is 8.76. The van der Waals surface area contributed by atoms with Gasteiger partial charge in [-0.25, -0.2) is 0 Å². The zero-order chi connectivity index (χ0) is 23.8. The van der Waals surface area contributed by atoms with Crippen LogP contribution in [0.25, 0.3) is 0 Å². The number of hydrogen-bond acceptors (Lipinski definition) is 2. The van der Waals surface area contributed by atoms with Gasteiger partial charge in [-0.3, -0.25) is 0 Å². The van der Waals surface area contributed by atoms with E-state index in [1.807, 2.05) is 20.8 Å². The Bertz CT molecular complexity index is 592. The molecular weight excluding hydrogens is 378 g/mol. The van der Waals surface area contributed by atoms with Gasteiger partial charge in [-0.2, -0.15) is 0 Å². The highest BCUT2D eigenvalue weighted by Crippen LogP contribution is 2.66. The van der Waals surface area contributed by atoms with Crippen molar-refractivity contribution >= 4 is 12.0 Å². The zero-order valence-electron chi connectivity index (χ0n) is 22.2. The van der Waals surface area contributed by atoms with Crippen molar-refractivity contribution in [1.82, 2.24) is 0 Å². The molecule has 3 saturated carbocycles.